The Morgan fingerprint density at radius 1 is 0.571 bits per heavy atom. The molecule has 3 aromatic carbocycles. The lowest BCUT2D eigenvalue weighted by Crippen LogP contribution is -2.36. The second-order valence-corrected chi connectivity index (χ2v) is 5.40. The zero-order chi connectivity index (χ0) is 21.4. The topological polar surface area (TPSA) is 17.1 Å². The van der Waals surface area contributed by atoms with Gasteiger partial charge in [-0.15, -0.1) is 0 Å². The van der Waals surface area contributed by atoms with Gasteiger partial charge in [0.2, 0.25) is 0 Å². The van der Waals surface area contributed by atoms with Gasteiger partial charge in [-0.3, -0.25) is 9.18 Å². The maximum Gasteiger partial charge on any atom is 0.149 e. The van der Waals surface area contributed by atoms with Crippen molar-refractivity contribution in [3.63, 3.8) is 0 Å². The van der Waals surface area contributed by atoms with E-state index in [9.17, 15) is 9.18 Å². The number of carbonyl (C=O) groups is 1. The SMILES string of the molecule is CC.CC.CC(=O)C(c1ccccc1)(c1ccccc1)c1ccccc1.CF. The van der Waals surface area contributed by atoms with Crippen LogP contribution in [0.3, 0.4) is 0 Å². The molecule has 0 aliphatic carbocycles. The molecule has 0 amide bonds. The van der Waals surface area contributed by atoms with Gasteiger partial charge in [-0.25, -0.2) is 0 Å². The number of rotatable bonds is 4. The van der Waals surface area contributed by atoms with Crippen LogP contribution in [0.25, 0.3) is 0 Å². The summed E-state index contributed by atoms with van der Waals surface area (Å²) in [5, 5.41) is 0. The van der Waals surface area contributed by atoms with Gasteiger partial charge in [-0.2, -0.15) is 0 Å². The van der Waals surface area contributed by atoms with Crippen LogP contribution in [0.2, 0.25) is 0 Å². The predicted octanol–water partition coefficient (Wildman–Crippen LogP) is 7.25. The van der Waals surface area contributed by atoms with Crippen LogP contribution in [-0.2, 0) is 10.2 Å². The van der Waals surface area contributed by atoms with E-state index in [1.165, 1.54) is 0 Å². The van der Waals surface area contributed by atoms with Gasteiger partial charge in [-0.1, -0.05) is 119 Å². The summed E-state index contributed by atoms with van der Waals surface area (Å²) < 4.78 is 9.50. The highest BCUT2D eigenvalue weighted by Gasteiger charge is 2.40. The van der Waals surface area contributed by atoms with Crippen molar-refractivity contribution in [2.45, 2.75) is 40.0 Å². The fraction of sp³-hybridized carbons (Fsp3) is 0.269. The zero-order valence-corrected chi connectivity index (χ0v) is 17.9. The monoisotopic (exact) mass is 380 g/mol. The molecule has 0 N–H and O–H groups in total. The fourth-order valence-electron chi connectivity index (χ4n) is 3.17. The van der Waals surface area contributed by atoms with Crippen LogP contribution in [0.15, 0.2) is 91.0 Å². The highest BCUT2D eigenvalue weighted by Crippen LogP contribution is 2.39. The summed E-state index contributed by atoms with van der Waals surface area (Å²) in [5.41, 5.74) is 2.24. The molecule has 0 radical (unpaired) electrons. The molecule has 150 valence electrons. The second-order valence-electron chi connectivity index (χ2n) is 5.40. The van der Waals surface area contributed by atoms with Crippen molar-refractivity contribution in [2.24, 2.45) is 0 Å². The molecular weight excluding hydrogens is 347 g/mol. The summed E-state index contributed by atoms with van der Waals surface area (Å²) >= 11 is 0. The minimum absolute atomic E-state index is 0.121. The zero-order valence-electron chi connectivity index (χ0n) is 17.9. The third-order valence-electron chi connectivity index (χ3n) is 4.15. The van der Waals surface area contributed by atoms with E-state index in [2.05, 4.69) is 0 Å². The van der Waals surface area contributed by atoms with Gasteiger partial charge in [-0.05, 0) is 23.6 Å². The summed E-state index contributed by atoms with van der Waals surface area (Å²) in [6, 6.07) is 30.0. The molecule has 0 aliphatic heterocycles. The van der Waals surface area contributed by atoms with Gasteiger partial charge in [0.05, 0.1) is 7.18 Å². The predicted molar refractivity (Wildman–Crippen MR) is 120 cm³/mol. The van der Waals surface area contributed by atoms with Crippen molar-refractivity contribution >= 4 is 5.78 Å². The molecule has 2 heteroatoms. The van der Waals surface area contributed by atoms with E-state index in [-0.39, 0.29) is 5.78 Å². The standard InChI is InChI=1S/C21H18O.2C2H6.CH3F/c1-17(22)21(18-11-5-2-6-12-18,19-13-7-3-8-14-19)20-15-9-4-10-16-20;3*1-2/h2-16H,1H3;2*1-2H3;1H3. The maximum absolute atomic E-state index is 12.9. The van der Waals surface area contributed by atoms with E-state index in [1.807, 2.05) is 119 Å². The van der Waals surface area contributed by atoms with Crippen molar-refractivity contribution in [3.8, 4) is 0 Å². The van der Waals surface area contributed by atoms with Gasteiger partial charge in [0.1, 0.15) is 11.2 Å². The molecule has 28 heavy (non-hydrogen) atoms. The lowest BCUT2D eigenvalue weighted by atomic mass is 9.67. The number of hydrogen-bond acceptors (Lipinski definition) is 1. The summed E-state index contributed by atoms with van der Waals surface area (Å²) in [5.74, 6) is 0.121. The van der Waals surface area contributed by atoms with Crippen molar-refractivity contribution in [2.75, 3.05) is 7.18 Å². The molecule has 0 fully saturated rings. The van der Waals surface area contributed by atoms with E-state index in [0.717, 1.165) is 16.7 Å². The summed E-state index contributed by atoms with van der Waals surface area (Å²) in [4.78, 5) is 12.9. The van der Waals surface area contributed by atoms with E-state index < -0.39 is 5.41 Å². The van der Waals surface area contributed by atoms with Crippen molar-refractivity contribution in [1.82, 2.24) is 0 Å². The van der Waals surface area contributed by atoms with Gasteiger partial charge in [0, 0.05) is 0 Å². The first kappa shape index (κ1) is 25.3. The quantitative estimate of drug-likeness (QED) is 0.436. The number of Topliss-reactive ketones (excluding diaryl/α,β-unsaturated/α-hetero) is 1. The summed E-state index contributed by atoms with van der Waals surface area (Å²) in [6.07, 6.45) is 0. The van der Waals surface area contributed by atoms with Gasteiger partial charge < -0.3 is 0 Å². The lowest BCUT2D eigenvalue weighted by molar-refractivity contribution is -0.119. The lowest BCUT2D eigenvalue weighted by Gasteiger charge is -2.33. The second kappa shape index (κ2) is 14.3. The molecule has 0 spiro atoms. The largest absolute Gasteiger partial charge is 0.298 e. The van der Waals surface area contributed by atoms with Crippen LogP contribution >= 0.6 is 0 Å². The van der Waals surface area contributed by atoms with E-state index in [1.54, 1.807) is 6.92 Å². The number of hydrogen-bond donors (Lipinski definition) is 0. The number of halogens is 1. The first-order valence-electron chi connectivity index (χ1n) is 9.81. The molecule has 0 heterocycles. The molecule has 0 bridgehead atoms. The molecule has 0 saturated carbocycles. The van der Waals surface area contributed by atoms with Gasteiger partial charge in [0.15, 0.2) is 0 Å². The molecule has 0 aliphatic rings. The third kappa shape index (κ3) is 5.63. The van der Waals surface area contributed by atoms with E-state index >= 15 is 0 Å². The molecule has 0 unspecified atom stereocenters. The van der Waals surface area contributed by atoms with Crippen LogP contribution in [-0.4, -0.2) is 13.0 Å². The Morgan fingerprint density at radius 3 is 0.964 bits per heavy atom. The Hall–Kier alpha value is -2.74. The Bertz CT molecular complexity index is 656. The average molecular weight is 381 g/mol. The van der Waals surface area contributed by atoms with Crippen LogP contribution in [0, 0.1) is 0 Å². The highest BCUT2D eigenvalue weighted by atomic mass is 19.1. The van der Waals surface area contributed by atoms with Gasteiger partial charge in [0.25, 0.3) is 0 Å². The van der Waals surface area contributed by atoms with Crippen LogP contribution in [0.4, 0.5) is 4.39 Å². The third-order valence-corrected chi connectivity index (χ3v) is 4.15. The molecule has 1 nitrogen and oxygen atoms in total. The van der Waals surface area contributed by atoms with Crippen LogP contribution < -0.4 is 0 Å². The first-order valence-corrected chi connectivity index (χ1v) is 9.81. The molecular formula is C26H33FO. The average Bonchev–Trinajstić information content (AvgIpc) is 2.80. The fourth-order valence-corrected chi connectivity index (χ4v) is 3.17. The number of benzene rings is 3. The van der Waals surface area contributed by atoms with Crippen molar-refractivity contribution in [3.05, 3.63) is 108 Å². The Morgan fingerprint density at radius 2 is 0.786 bits per heavy atom. The van der Waals surface area contributed by atoms with Crippen molar-refractivity contribution < 1.29 is 9.18 Å². The van der Waals surface area contributed by atoms with E-state index in [0.29, 0.717) is 7.18 Å². The van der Waals surface area contributed by atoms with E-state index in [4.69, 9.17) is 0 Å². The molecule has 3 rings (SSSR count). The minimum Gasteiger partial charge on any atom is -0.298 e. The van der Waals surface area contributed by atoms with Crippen molar-refractivity contribution in [1.29, 1.82) is 0 Å². The Kier molecular flexibility index (Phi) is 12.9. The first-order chi connectivity index (χ1) is 13.8. The smallest absolute Gasteiger partial charge is 0.149 e. The van der Waals surface area contributed by atoms with Gasteiger partial charge >= 0.3 is 0 Å². The highest BCUT2D eigenvalue weighted by molar-refractivity contribution is 5.96. The molecule has 0 aromatic heterocycles. The summed E-state index contributed by atoms with van der Waals surface area (Å²) in [6.45, 7) is 9.67. The Labute approximate surface area is 170 Å². The maximum atomic E-state index is 12.9. The van der Waals surface area contributed by atoms with Crippen LogP contribution in [0.5, 0.6) is 0 Å². The molecule has 0 atom stereocenters. The normalized spacial score (nSPS) is 9.39. The number of alkyl halides is 1. The minimum atomic E-state index is -0.760. The molecule has 0 saturated heterocycles. The molecule has 3 aromatic rings. The van der Waals surface area contributed by atoms with Crippen LogP contribution in [0.1, 0.15) is 51.3 Å². The summed E-state index contributed by atoms with van der Waals surface area (Å²) in [7, 11) is 0.500. The number of carbonyl (C=O) groups excluding carboxylic acids is 1. The Balaban J connectivity index is 0.00000111. The number of ketones is 1.